The molecule has 2 aliphatic heterocycles. The number of aliphatic hydroxyl groups excluding tert-OH is 1. The molecule has 3 heterocycles. The minimum absolute atomic E-state index is 0.00846. The zero-order valence-electron chi connectivity index (χ0n) is 19.4. The van der Waals surface area contributed by atoms with Crippen LogP contribution in [-0.4, -0.2) is 45.7 Å². The fourth-order valence-electron chi connectivity index (χ4n) is 6.40. The number of pyridine rings is 1. The van der Waals surface area contributed by atoms with E-state index in [-0.39, 0.29) is 48.0 Å². The lowest BCUT2D eigenvalue weighted by Crippen LogP contribution is -2.51. The van der Waals surface area contributed by atoms with E-state index in [2.05, 4.69) is 29.3 Å². The van der Waals surface area contributed by atoms with Crippen molar-refractivity contribution in [1.82, 2.24) is 14.8 Å². The van der Waals surface area contributed by atoms with Gasteiger partial charge in [0.2, 0.25) is 5.91 Å². The highest BCUT2D eigenvalue weighted by molar-refractivity contribution is 5.83. The van der Waals surface area contributed by atoms with Crippen LogP contribution < -0.4 is 10.9 Å². The number of hydrogen-bond acceptors (Lipinski definition) is 4. The number of fused-ring (bicyclic) bond motifs is 4. The van der Waals surface area contributed by atoms with Crippen molar-refractivity contribution < 1.29 is 9.90 Å². The average molecular weight is 448 g/mol. The van der Waals surface area contributed by atoms with Gasteiger partial charge >= 0.3 is 0 Å². The SMILES string of the molecule is C/C=C/c1ccc2n(c1=O)C[C@H]1[C@H](CO)[C@@H](C(=O)NC3Cc4ccccc4C3)N(CCC)[C@@H]21. The van der Waals surface area contributed by atoms with E-state index in [0.29, 0.717) is 12.1 Å². The lowest BCUT2D eigenvalue weighted by atomic mass is 9.88. The van der Waals surface area contributed by atoms with E-state index in [1.54, 1.807) is 0 Å². The molecule has 2 aromatic rings. The van der Waals surface area contributed by atoms with Crippen molar-refractivity contribution in [2.45, 2.75) is 57.8 Å². The molecule has 1 amide bonds. The van der Waals surface area contributed by atoms with Crippen LogP contribution in [0.25, 0.3) is 6.08 Å². The van der Waals surface area contributed by atoms with Crippen LogP contribution in [0.3, 0.4) is 0 Å². The molecule has 3 aliphatic rings. The van der Waals surface area contributed by atoms with Crippen LogP contribution in [0.2, 0.25) is 0 Å². The largest absolute Gasteiger partial charge is 0.396 e. The van der Waals surface area contributed by atoms with E-state index in [1.165, 1.54) is 11.1 Å². The summed E-state index contributed by atoms with van der Waals surface area (Å²) in [5.41, 5.74) is 4.27. The second-order valence-electron chi connectivity index (χ2n) is 9.65. The Kier molecular flexibility index (Phi) is 5.97. The van der Waals surface area contributed by atoms with E-state index in [1.807, 2.05) is 47.9 Å². The van der Waals surface area contributed by atoms with Gasteiger partial charge in [0, 0.05) is 42.3 Å². The number of amides is 1. The minimum Gasteiger partial charge on any atom is -0.396 e. The Bertz CT molecular complexity index is 1110. The van der Waals surface area contributed by atoms with Crippen LogP contribution in [0.5, 0.6) is 0 Å². The summed E-state index contributed by atoms with van der Waals surface area (Å²) in [5.74, 6) is -0.143. The first-order valence-corrected chi connectivity index (χ1v) is 12.2. The van der Waals surface area contributed by atoms with Gasteiger partial charge in [-0.3, -0.25) is 14.5 Å². The van der Waals surface area contributed by atoms with Gasteiger partial charge in [-0.25, -0.2) is 0 Å². The van der Waals surface area contributed by atoms with Gasteiger partial charge < -0.3 is 15.0 Å². The molecule has 0 unspecified atom stereocenters. The lowest BCUT2D eigenvalue weighted by molar-refractivity contribution is -0.128. The van der Waals surface area contributed by atoms with Gasteiger partial charge in [-0.05, 0) is 56.0 Å². The molecule has 0 radical (unpaired) electrons. The Balaban J connectivity index is 1.43. The van der Waals surface area contributed by atoms with Crippen LogP contribution >= 0.6 is 0 Å². The molecular formula is C27H33N3O3. The first-order valence-electron chi connectivity index (χ1n) is 12.2. The molecule has 4 atom stereocenters. The summed E-state index contributed by atoms with van der Waals surface area (Å²) in [6, 6.07) is 12.0. The Morgan fingerprint density at radius 2 is 1.91 bits per heavy atom. The number of aromatic nitrogens is 1. The molecule has 1 fully saturated rings. The molecule has 0 saturated carbocycles. The van der Waals surface area contributed by atoms with Crippen molar-refractivity contribution in [2.24, 2.45) is 11.8 Å². The van der Waals surface area contributed by atoms with Crippen molar-refractivity contribution in [2.75, 3.05) is 13.2 Å². The van der Waals surface area contributed by atoms with E-state index in [4.69, 9.17) is 0 Å². The van der Waals surface area contributed by atoms with Gasteiger partial charge in [0.05, 0.1) is 12.1 Å². The molecule has 1 aliphatic carbocycles. The molecule has 6 nitrogen and oxygen atoms in total. The van der Waals surface area contributed by atoms with Gasteiger partial charge in [0.15, 0.2) is 0 Å². The topological polar surface area (TPSA) is 74.6 Å². The Labute approximate surface area is 194 Å². The second-order valence-corrected chi connectivity index (χ2v) is 9.65. The summed E-state index contributed by atoms with van der Waals surface area (Å²) >= 11 is 0. The maximum absolute atomic E-state index is 13.6. The first kappa shape index (κ1) is 22.1. The predicted octanol–water partition coefficient (Wildman–Crippen LogP) is 2.54. The summed E-state index contributed by atoms with van der Waals surface area (Å²) < 4.78 is 1.86. The number of hydrogen-bond donors (Lipinski definition) is 2. The molecule has 0 spiro atoms. The summed E-state index contributed by atoms with van der Waals surface area (Å²) in [4.78, 5) is 28.9. The molecule has 1 aromatic carbocycles. The predicted molar refractivity (Wildman–Crippen MR) is 129 cm³/mol. The third-order valence-electron chi connectivity index (χ3n) is 7.71. The number of nitrogens with zero attached hydrogens (tertiary/aromatic N) is 2. The number of benzene rings is 1. The van der Waals surface area contributed by atoms with Crippen molar-refractivity contribution >= 4 is 12.0 Å². The van der Waals surface area contributed by atoms with Crippen molar-refractivity contribution in [3.8, 4) is 0 Å². The maximum atomic E-state index is 13.6. The van der Waals surface area contributed by atoms with Crippen molar-refractivity contribution in [3.05, 3.63) is 75.2 Å². The fourth-order valence-corrected chi connectivity index (χ4v) is 6.40. The van der Waals surface area contributed by atoms with Gasteiger partial charge in [-0.15, -0.1) is 0 Å². The van der Waals surface area contributed by atoms with Gasteiger partial charge in [-0.1, -0.05) is 43.3 Å². The summed E-state index contributed by atoms with van der Waals surface area (Å²) in [5, 5.41) is 13.7. The van der Waals surface area contributed by atoms with Crippen molar-refractivity contribution in [3.63, 3.8) is 0 Å². The molecule has 6 heteroatoms. The quantitative estimate of drug-likeness (QED) is 0.714. The molecule has 1 saturated heterocycles. The lowest BCUT2D eigenvalue weighted by Gasteiger charge is -2.31. The number of carbonyl (C=O) groups excluding carboxylic acids is 1. The van der Waals surface area contributed by atoms with Gasteiger partial charge in [0.25, 0.3) is 5.56 Å². The molecule has 0 bridgehead atoms. The smallest absolute Gasteiger partial charge is 0.258 e. The van der Waals surface area contributed by atoms with Gasteiger partial charge in [-0.2, -0.15) is 0 Å². The summed E-state index contributed by atoms with van der Waals surface area (Å²) in [6.07, 6.45) is 6.32. The van der Waals surface area contributed by atoms with E-state index in [0.717, 1.165) is 31.5 Å². The molecule has 1 aromatic heterocycles. The number of nitrogens with one attached hydrogen (secondary N) is 1. The van der Waals surface area contributed by atoms with Crippen molar-refractivity contribution in [1.29, 1.82) is 0 Å². The summed E-state index contributed by atoms with van der Waals surface area (Å²) in [7, 11) is 0. The fraction of sp³-hybridized carbons (Fsp3) is 0.481. The summed E-state index contributed by atoms with van der Waals surface area (Å²) in [6.45, 7) is 5.26. The third-order valence-corrected chi connectivity index (χ3v) is 7.71. The van der Waals surface area contributed by atoms with Crippen LogP contribution in [0.4, 0.5) is 0 Å². The van der Waals surface area contributed by atoms with Crippen LogP contribution in [0.15, 0.2) is 47.3 Å². The van der Waals surface area contributed by atoms with E-state index < -0.39 is 0 Å². The van der Waals surface area contributed by atoms with E-state index >= 15 is 0 Å². The molecule has 33 heavy (non-hydrogen) atoms. The Morgan fingerprint density at radius 1 is 1.18 bits per heavy atom. The van der Waals surface area contributed by atoms with Crippen LogP contribution in [0.1, 0.15) is 48.7 Å². The zero-order valence-corrected chi connectivity index (χ0v) is 19.4. The van der Waals surface area contributed by atoms with E-state index in [9.17, 15) is 14.7 Å². The third kappa shape index (κ3) is 3.65. The normalized spacial score (nSPS) is 26.5. The molecule has 2 N–H and O–H groups in total. The second kappa shape index (κ2) is 8.92. The minimum atomic E-state index is -0.382. The van der Waals surface area contributed by atoms with Crippen LogP contribution in [0, 0.1) is 11.8 Å². The Morgan fingerprint density at radius 3 is 2.55 bits per heavy atom. The monoisotopic (exact) mass is 447 g/mol. The highest BCUT2D eigenvalue weighted by Gasteiger charge is 2.55. The Hall–Kier alpha value is -2.70. The number of allylic oxidation sites excluding steroid dienone is 1. The number of likely N-dealkylation sites (tertiary alicyclic amines) is 1. The number of aliphatic hydroxyl groups is 1. The first-order chi connectivity index (χ1) is 16.1. The van der Waals surface area contributed by atoms with Crippen LogP contribution in [-0.2, 0) is 24.2 Å². The molecular weight excluding hydrogens is 414 g/mol. The number of rotatable bonds is 6. The standard InChI is InChI=1S/C27H33N3O3/c1-3-7-17-10-11-23-24-21(15-30(23)27(17)33)22(16-31)25(29(24)12-4-2)26(32)28-20-13-18-8-5-6-9-19(18)14-20/h3,5-11,20-22,24-25,31H,4,12-16H2,1-2H3,(H,28,32)/b7-3+/t21-,22-,24+,25-/m0/s1. The number of carbonyl (C=O) groups is 1. The molecule has 174 valence electrons. The molecule has 5 rings (SSSR count). The van der Waals surface area contributed by atoms with Gasteiger partial charge in [0.1, 0.15) is 0 Å². The maximum Gasteiger partial charge on any atom is 0.258 e. The highest BCUT2D eigenvalue weighted by atomic mass is 16.3. The average Bonchev–Trinajstić information content (AvgIpc) is 3.47. The zero-order chi connectivity index (χ0) is 23.1. The highest BCUT2D eigenvalue weighted by Crippen LogP contribution is 2.49.